The number of hydrogen-bond acceptors (Lipinski definition) is 10. The van der Waals surface area contributed by atoms with E-state index in [1.54, 1.807) is 6.08 Å². The third kappa shape index (κ3) is 48.5. The number of amides is 1. The standard InChI is InChI=1S/C75H131NO10/c1-4-7-10-13-16-19-22-25-27-29-31-33-34-35-36-37-39-41-43-45-48-51-54-57-60-63-70(80)86-73-72(82)71(81)69(64-77)85-75(73)84-65-66(67(78)61-58-55-52-49-46-24-21-18-15-12-9-6-3)76-74(83)68(79)62-59-56-53-50-47-44-42-40-38-32-30-28-26-23-20-17-14-11-8-5-2/h7,10,16-17,19-20,25-28,31,33,35-36,58,61,66-69,71-73,75,77-79,81-82H,4-6,8-9,11-15,18,21-24,29-30,32,34,37-57,59-60,62-65H2,1-3H3,(H,76,83)/b10-7-,19-16-,20-17-,27-25-,28-26-,33-31-,36-35-,61-58+. The van der Waals surface area contributed by atoms with Crippen molar-refractivity contribution in [3.63, 3.8) is 0 Å². The number of allylic oxidation sites excluding steroid dienone is 15. The largest absolute Gasteiger partial charge is 0.454 e. The lowest BCUT2D eigenvalue weighted by atomic mass is 9.99. The Labute approximate surface area is 526 Å². The zero-order valence-corrected chi connectivity index (χ0v) is 55.2. The van der Waals surface area contributed by atoms with Gasteiger partial charge in [0, 0.05) is 6.42 Å². The highest BCUT2D eigenvalue weighted by Crippen LogP contribution is 2.26. The summed E-state index contributed by atoms with van der Waals surface area (Å²) < 4.78 is 17.7. The molecule has 8 unspecified atom stereocenters. The Morgan fingerprint density at radius 1 is 0.465 bits per heavy atom. The van der Waals surface area contributed by atoms with Crippen LogP contribution in [0.2, 0.25) is 0 Å². The van der Waals surface area contributed by atoms with Crippen molar-refractivity contribution in [3.05, 3.63) is 97.2 Å². The lowest BCUT2D eigenvalue weighted by Crippen LogP contribution is -2.61. The molecule has 1 aliphatic heterocycles. The van der Waals surface area contributed by atoms with Gasteiger partial charge in [-0.05, 0) is 103 Å². The van der Waals surface area contributed by atoms with Crippen LogP contribution in [0, 0.1) is 0 Å². The molecule has 86 heavy (non-hydrogen) atoms. The molecule has 0 aromatic heterocycles. The molecule has 1 aliphatic rings. The van der Waals surface area contributed by atoms with Crippen LogP contribution < -0.4 is 5.32 Å². The van der Waals surface area contributed by atoms with E-state index in [1.165, 1.54) is 141 Å². The average molecular weight is 1210 g/mol. The minimum atomic E-state index is -1.62. The molecule has 1 fully saturated rings. The molecular formula is C75H131NO10. The zero-order chi connectivity index (χ0) is 62.4. The van der Waals surface area contributed by atoms with Crippen molar-refractivity contribution in [2.75, 3.05) is 13.2 Å². The van der Waals surface area contributed by atoms with E-state index < -0.39 is 67.4 Å². The van der Waals surface area contributed by atoms with Crippen molar-refractivity contribution in [2.24, 2.45) is 0 Å². The van der Waals surface area contributed by atoms with Crippen LogP contribution in [0.5, 0.6) is 0 Å². The summed E-state index contributed by atoms with van der Waals surface area (Å²) in [4.78, 5) is 26.7. The number of unbranched alkanes of at least 4 members (excludes halogenated alkanes) is 32. The Bertz CT molecular complexity index is 1770. The minimum Gasteiger partial charge on any atom is -0.454 e. The number of carbonyl (C=O) groups is 2. The number of rotatable bonds is 60. The van der Waals surface area contributed by atoms with Crippen LogP contribution in [0.1, 0.15) is 303 Å². The monoisotopic (exact) mass is 1210 g/mol. The predicted octanol–water partition coefficient (Wildman–Crippen LogP) is 18.2. The lowest BCUT2D eigenvalue weighted by molar-refractivity contribution is -0.305. The number of hydrogen-bond donors (Lipinski definition) is 6. The summed E-state index contributed by atoms with van der Waals surface area (Å²) in [5.74, 6) is -1.20. The summed E-state index contributed by atoms with van der Waals surface area (Å²) in [5.41, 5.74) is 0. The normalized spacial score (nSPS) is 18.9. The fourth-order valence-corrected chi connectivity index (χ4v) is 10.7. The van der Waals surface area contributed by atoms with Gasteiger partial charge >= 0.3 is 5.97 Å². The molecular weight excluding hydrogens is 1070 g/mol. The van der Waals surface area contributed by atoms with Crippen LogP contribution in [0.15, 0.2) is 97.2 Å². The maximum atomic E-state index is 13.5. The SMILES string of the molecule is CC/C=C\C/C=C\C/C=C\C/C=C\C/C=C\CCCCCCCCCCCC(=O)OC1C(OCC(NC(=O)C(O)CCCCCCCCCCCC/C=C\C/C=C\CCCCC)C(O)/C=C/CCCCCCCCCCCC)OC(CO)C(O)C1O. The summed E-state index contributed by atoms with van der Waals surface area (Å²) in [6, 6.07) is -1.03. The molecule has 1 rings (SSSR count). The molecule has 0 aromatic carbocycles. The van der Waals surface area contributed by atoms with Crippen molar-refractivity contribution in [3.8, 4) is 0 Å². The van der Waals surface area contributed by atoms with Crippen LogP contribution in [-0.4, -0.2) is 99.6 Å². The smallest absolute Gasteiger partial charge is 0.306 e. The molecule has 6 N–H and O–H groups in total. The molecule has 11 heteroatoms. The second-order valence-corrected chi connectivity index (χ2v) is 24.2. The molecule has 0 spiro atoms. The van der Waals surface area contributed by atoms with Crippen molar-refractivity contribution >= 4 is 11.9 Å². The molecule has 1 heterocycles. The van der Waals surface area contributed by atoms with Crippen molar-refractivity contribution in [1.29, 1.82) is 0 Å². The Balaban J connectivity index is 2.58. The highest BCUT2D eigenvalue weighted by molar-refractivity contribution is 5.80. The highest BCUT2D eigenvalue weighted by Gasteiger charge is 2.47. The van der Waals surface area contributed by atoms with Gasteiger partial charge in [-0.25, -0.2) is 0 Å². The van der Waals surface area contributed by atoms with Gasteiger partial charge in [0.15, 0.2) is 12.4 Å². The number of aliphatic hydroxyl groups is 5. The van der Waals surface area contributed by atoms with Crippen LogP contribution in [-0.2, 0) is 23.8 Å². The van der Waals surface area contributed by atoms with E-state index in [2.05, 4.69) is 111 Å². The number of ether oxygens (including phenoxy) is 3. The lowest BCUT2D eigenvalue weighted by Gasteiger charge is -2.41. The van der Waals surface area contributed by atoms with Gasteiger partial charge in [0.25, 0.3) is 0 Å². The Hall–Kier alpha value is -3.42. The molecule has 496 valence electrons. The number of aliphatic hydroxyl groups excluding tert-OH is 5. The van der Waals surface area contributed by atoms with E-state index >= 15 is 0 Å². The summed E-state index contributed by atoms with van der Waals surface area (Å²) in [6.45, 7) is 5.67. The summed E-state index contributed by atoms with van der Waals surface area (Å²) in [5, 5.41) is 57.2. The van der Waals surface area contributed by atoms with E-state index in [0.29, 0.717) is 12.8 Å². The molecule has 0 aromatic rings. The maximum Gasteiger partial charge on any atom is 0.306 e. The minimum absolute atomic E-state index is 0.112. The van der Waals surface area contributed by atoms with Crippen molar-refractivity contribution in [2.45, 2.75) is 352 Å². The maximum absolute atomic E-state index is 13.5. The molecule has 0 bridgehead atoms. The number of nitrogens with one attached hydrogen (secondary N) is 1. The van der Waals surface area contributed by atoms with E-state index in [1.807, 2.05) is 6.08 Å². The fraction of sp³-hybridized carbons (Fsp3) is 0.760. The van der Waals surface area contributed by atoms with E-state index in [9.17, 15) is 35.1 Å². The number of esters is 1. The first kappa shape index (κ1) is 80.6. The van der Waals surface area contributed by atoms with Crippen LogP contribution in [0.4, 0.5) is 0 Å². The second-order valence-electron chi connectivity index (χ2n) is 24.2. The molecule has 0 radical (unpaired) electrons. The van der Waals surface area contributed by atoms with Gasteiger partial charge in [-0.1, -0.05) is 291 Å². The van der Waals surface area contributed by atoms with Gasteiger partial charge in [0.1, 0.15) is 24.4 Å². The first-order chi connectivity index (χ1) is 42.2. The summed E-state index contributed by atoms with van der Waals surface area (Å²) in [6.07, 6.45) is 72.9. The average Bonchev–Trinajstić information content (AvgIpc) is 3.39. The van der Waals surface area contributed by atoms with E-state index in [0.717, 1.165) is 116 Å². The van der Waals surface area contributed by atoms with Gasteiger partial charge in [-0.15, -0.1) is 0 Å². The zero-order valence-electron chi connectivity index (χ0n) is 55.2. The second kappa shape index (κ2) is 61.8. The topological polar surface area (TPSA) is 175 Å². The van der Waals surface area contributed by atoms with Gasteiger partial charge in [0.05, 0.1) is 25.4 Å². The number of carbonyl (C=O) groups excluding carboxylic acids is 2. The molecule has 1 saturated heterocycles. The third-order valence-electron chi connectivity index (χ3n) is 16.2. The quantitative estimate of drug-likeness (QED) is 0.0195. The third-order valence-corrected chi connectivity index (χ3v) is 16.2. The van der Waals surface area contributed by atoms with Crippen molar-refractivity contribution < 1.29 is 49.3 Å². The fourth-order valence-electron chi connectivity index (χ4n) is 10.7. The molecule has 0 aliphatic carbocycles. The Kier molecular flexibility index (Phi) is 57.9. The van der Waals surface area contributed by atoms with Crippen LogP contribution >= 0.6 is 0 Å². The summed E-state index contributed by atoms with van der Waals surface area (Å²) >= 11 is 0. The predicted molar refractivity (Wildman–Crippen MR) is 361 cm³/mol. The molecule has 1 amide bonds. The molecule has 0 saturated carbocycles. The van der Waals surface area contributed by atoms with Gasteiger partial charge in [-0.2, -0.15) is 0 Å². The van der Waals surface area contributed by atoms with Crippen LogP contribution in [0.25, 0.3) is 0 Å². The Morgan fingerprint density at radius 2 is 0.837 bits per heavy atom. The molecule has 8 atom stereocenters. The van der Waals surface area contributed by atoms with Gasteiger partial charge in [0.2, 0.25) is 5.91 Å². The van der Waals surface area contributed by atoms with E-state index in [-0.39, 0.29) is 19.4 Å². The molecule has 11 nitrogen and oxygen atoms in total. The first-order valence-electron chi connectivity index (χ1n) is 35.5. The highest BCUT2D eigenvalue weighted by atomic mass is 16.7. The van der Waals surface area contributed by atoms with Gasteiger partial charge < -0.3 is 45.1 Å². The first-order valence-corrected chi connectivity index (χ1v) is 35.5. The van der Waals surface area contributed by atoms with Crippen LogP contribution in [0.3, 0.4) is 0 Å². The van der Waals surface area contributed by atoms with E-state index in [4.69, 9.17) is 14.2 Å². The van der Waals surface area contributed by atoms with Gasteiger partial charge in [-0.3, -0.25) is 9.59 Å². The summed E-state index contributed by atoms with van der Waals surface area (Å²) in [7, 11) is 0. The Morgan fingerprint density at radius 3 is 1.28 bits per heavy atom. The van der Waals surface area contributed by atoms with Crippen molar-refractivity contribution in [1.82, 2.24) is 5.32 Å².